The standard InChI is InChI=1S/C12H15ClN4O/c1-2-6-17-12(18)11(10(13)9-15-17)16-7-3-4-14-5-8-16/h1,9,14H,3-8H2. The Morgan fingerprint density at radius 2 is 2.33 bits per heavy atom. The summed E-state index contributed by atoms with van der Waals surface area (Å²) in [5.41, 5.74) is 0.285. The molecule has 1 aromatic rings. The van der Waals surface area contributed by atoms with Crippen molar-refractivity contribution in [2.24, 2.45) is 0 Å². The molecule has 1 aromatic heterocycles. The first kappa shape index (κ1) is 12.9. The normalized spacial score (nSPS) is 16.1. The number of rotatable bonds is 2. The van der Waals surface area contributed by atoms with Crippen molar-refractivity contribution in [3.05, 3.63) is 21.6 Å². The first-order valence-corrected chi connectivity index (χ1v) is 6.26. The maximum atomic E-state index is 12.2. The minimum absolute atomic E-state index is 0.162. The summed E-state index contributed by atoms with van der Waals surface area (Å²) in [6.45, 7) is 3.52. The van der Waals surface area contributed by atoms with E-state index in [9.17, 15) is 4.79 Å². The van der Waals surface area contributed by atoms with Crippen LogP contribution in [-0.2, 0) is 6.54 Å². The van der Waals surface area contributed by atoms with Crippen molar-refractivity contribution < 1.29 is 0 Å². The highest BCUT2D eigenvalue weighted by atomic mass is 35.5. The molecule has 18 heavy (non-hydrogen) atoms. The Kier molecular flexibility index (Phi) is 4.24. The van der Waals surface area contributed by atoms with Gasteiger partial charge in [-0.05, 0) is 13.0 Å². The van der Waals surface area contributed by atoms with Gasteiger partial charge >= 0.3 is 0 Å². The molecule has 0 aromatic carbocycles. The van der Waals surface area contributed by atoms with Crippen LogP contribution in [0, 0.1) is 12.3 Å². The fraction of sp³-hybridized carbons (Fsp3) is 0.500. The lowest BCUT2D eigenvalue weighted by molar-refractivity contribution is 0.655. The van der Waals surface area contributed by atoms with Crippen molar-refractivity contribution in [2.75, 3.05) is 31.1 Å². The van der Waals surface area contributed by atoms with Gasteiger partial charge in [-0.15, -0.1) is 6.42 Å². The topological polar surface area (TPSA) is 50.2 Å². The van der Waals surface area contributed by atoms with Crippen molar-refractivity contribution >= 4 is 17.3 Å². The largest absolute Gasteiger partial charge is 0.364 e. The minimum atomic E-state index is -0.220. The molecule has 2 rings (SSSR count). The number of aromatic nitrogens is 2. The quantitative estimate of drug-likeness (QED) is 0.784. The summed E-state index contributed by atoms with van der Waals surface area (Å²) in [5, 5.41) is 7.60. The second-order valence-corrected chi connectivity index (χ2v) is 4.51. The van der Waals surface area contributed by atoms with Crippen LogP contribution in [0.3, 0.4) is 0 Å². The third-order valence-electron chi connectivity index (χ3n) is 2.87. The van der Waals surface area contributed by atoms with Crippen LogP contribution in [0.5, 0.6) is 0 Å². The molecule has 0 saturated carbocycles. The molecule has 2 heterocycles. The first-order chi connectivity index (χ1) is 8.74. The van der Waals surface area contributed by atoms with Crippen LogP contribution in [0.1, 0.15) is 6.42 Å². The molecule has 0 radical (unpaired) electrons. The zero-order chi connectivity index (χ0) is 13.0. The Bertz CT molecular complexity index is 512. The van der Waals surface area contributed by atoms with E-state index in [1.54, 1.807) is 0 Å². The molecule has 96 valence electrons. The van der Waals surface area contributed by atoms with Gasteiger partial charge in [-0.3, -0.25) is 4.79 Å². The van der Waals surface area contributed by atoms with E-state index >= 15 is 0 Å². The third-order valence-corrected chi connectivity index (χ3v) is 3.15. The van der Waals surface area contributed by atoms with Crippen LogP contribution >= 0.6 is 11.6 Å². The van der Waals surface area contributed by atoms with Gasteiger partial charge in [0.25, 0.3) is 5.56 Å². The molecule has 0 amide bonds. The van der Waals surface area contributed by atoms with Crippen LogP contribution < -0.4 is 15.8 Å². The summed E-state index contributed by atoms with van der Waals surface area (Å²) in [7, 11) is 0. The molecule has 1 N–H and O–H groups in total. The average molecular weight is 267 g/mol. The first-order valence-electron chi connectivity index (χ1n) is 5.89. The van der Waals surface area contributed by atoms with Gasteiger partial charge in [0.15, 0.2) is 0 Å². The summed E-state index contributed by atoms with van der Waals surface area (Å²) < 4.78 is 1.26. The Hall–Kier alpha value is -1.51. The van der Waals surface area contributed by atoms with E-state index in [1.807, 2.05) is 4.90 Å². The third kappa shape index (κ3) is 2.66. The highest BCUT2D eigenvalue weighted by Crippen LogP contribution is 2.20. The molecule has 1 aliphatic rings. The van der Waals surface area contributed by atoms with Gasteiger partial charge in [0.05, 0.1) is 11.2 Å². The van der Waals surface area contributed by atoms with Gasteiger partial charge in [-0.25, -0.2) is 4.68 Å². The van der Waals surface area contributed by atoms with Crippen molar-refractivity contribution in [1.29, 1.82) is 0 Å². The van der Waals surface area contributed by atoms with Crippen molar-refractivity contribution in [2.45, 2.75) is 13.0 Å². The van der Waals surface area contributed by atoms with Gasteiger partial charge in [0.1, 0.15) is 12.2 Å². The van der Waals surface area contributed by atoms with Crippen molar-refractivity contribution in [1.82, 2.24) is 15.1 Å². The summed E-state index contributed by atoms with van der Waals surface area (Å²) in [6, 6.07) is 0. The zero-order valence-electron chi connectivity index (χ0n) is 10.0. The molecule has 0 aliphatic carbocycles. The lowest BCUT2D eigenvalue weighted by Gasteiger charge is -2.22. The SMILES string of the molecule is C#CCn1ncc(Cl)c(N2CCCNCC2)c1=O. The molecule has 1 aliphatic heterocycles. The Morgan fingerprint density at radius 1 is 1.50 bits per heavy atom. The van der Waals surface area contributed by atoms with E-state index < -0.39 is 0 Å². The number of nitrogens with one attached hydrogen (secondary N) is 1. The highest BCUT2D eigenvalue weighted by molar-refractivity contribution is 6.33. The maximum absolute atomic E-state index is 12.2. The minimum Gasteiger partial charge on any atom is -0.364 e. The van der Waals surface area contributed by atoms with Gasteiger partial charge in [0.2, 0.25) is 0 Å². The second kappa shape index (κ2) is 5.89. The number of terminal acetylenes is 1. The molecule has 0 spiro atoms. The molecular formula is C12H15ClN4O. The van der Waals surface area contributed by atoms with Gasteiger partial charge in [-0.2, -0.15) is 5.10 Å². The number of nitrogens with zero attached hydrogens (tertiary/aromatic N) is 3. The number of anilines is 1. The second-order valence-electron chi connectivity index (χ2n) is 4.10. The molecule has 5 nitrogen and oxygen atoms in total. The van der Waals surface area contributed by atoms with Gasteiger partial charge in [-0.1, -0.05) is 17.5 Å². The van der Waals surface area contributed by atoms with Crippen molar-refractivity contribution in [3.63, 3.8) is 0 Å². The number of hydrogen-bond donors (Lipinski definition) is 1. The lowest BCUT2D eigenvalue weighted by Crippen LogP contribution is -2.35. The predicted octanol–water partition coefficient (Wildman–Crippen LogP) is 0.330. The smallest absolute Gasteiger partial charge is 0.292 e. The number of hydrogen-bond acceptors (Lipinski definition) is 4. The predicted molar refractivity (Wildman–Crippen MR) is 72.0 cm³/mol. The van der Waals surface area contributed by atoms with E-state index in [1.165, 1.54) is 10.9 Å². The summed E-state index contributed by atoms with van der Waals surface area (Å²) >= 11 is 6.10. The maximum Gasteiger partial charge on any atom is 0.292 e. The summed E-state index contributed by atoms with van der Waals surface area (Å²) in [4.78, 5) is 14.2. The van der Waals surface area contributed by atoms with E-state index in [0.29, 0.717) is 10.7 Å². The number of halogens is 1. The molecule has 0 atom stereocenters. The Balaban J connectivity index is 2.39. The van der Waals surface area contributed by atoms with E-state index in [0.717, 1.165) is 32.6 Å². The average Bonchev–Trinajstić information content (AvgIpc) is 2.62. The van der Waals surface area contributed by atoms with Gasteiger partial charge < -0.3 is 10.2 Å². The molecular weight excluding hydrogens is 252 g/mol. The van der Waals surface area contributed by atoms with Crippen molar-refractivity contribution in [3.8, 4) is 12.3 Å². The van der Waals surface area contributed by atoms with Crippen LogP contribution in [0.2, 0.25) is 5.02 Å². The Labute approximate surface area is 111 Å². The molecule has 1 fully saturated rings. The van der Waals surface area contributed by atoms with Crippen LogP contribution in [-0.4, -0.2) is 36.0 Å². The summed E-state index contributed by atoms with van der Waals surface area (Å²) in [5.74, 6) is 2.41. The molecule has 0 bridgehead atoms. The monoisotopic (exact) mass is 266 g/mol. The zero-order valence-corrected chi connectivity index (χ0v) is 10.8. The molecule has 0 unspecified atom stereocenters. The van der Waals surface area contributed by atoms with E-state index in [2.05, 4.69) is 16.3 Å². The highest BCUT2D eigenvalue weighted by Gasteiger charge is 2.18. The van der Waals surface area contributed by atoms with Gasteiger partial charge in [0, 0.05) is 19.6 Å². The van der Waals surface area contributed by atoms with E-state index in [4.69, 9.17) is 18.0 Å². The van der Waals surface area contributed by atoms with Crippen LogP contribution in [0.15, 0.2) is 11.0 Å². The van der Waals surface area contributed by atoms with Crippen LogP contribution in [0.4, 0.5) is 5.69 Å². The molecule has 6 heteroatoms. The fourth-order valence-electron chi connectivity index (χ4n) is 2.01. The molecule has 1 saturated heterocycles. The van der Waals surface area contributed by atoms with Crippen LogP contribution in [0.25, 0.3) is 0 Å². The summed E-state index contributed by atoms with van der Waals surface area (Å²) in [6.07, 6.45) is 7.67. The van der Waals surface area contributed by atoms with E-state index in [-0.39, 0.29) is 12.1 Å². The fourth-order valence-corrected chi connectivity index (χ4v) is 2.26. The lowest BCUT2D eigenvalue weighted by atomic mass is 10.3. The Morgan fingerprint density at radius 3 is 3.11 bits per heavy atom.